The Bertz CT molecular complexity index is 641. The zero-order valence-electron chi connectivity index (χ0n) is 16.6. The maximum Gasteiger partial charge on any atom is 0.416 e. The van der Waals surface area contributed by atoms with Crippen molar-refractivity contribution in [1.29, 1.82) is 0 Å². The van der Waals surface area contributed by atoms with E-state index in [4.69, 9.17) is 9.47 Å². The number of nitrogens with zero attached hydrogens (tertiary/aromatic N) is 1. The zero-order valence-corrected chi connectivity index (χ0v) is 16.6. The summed E-state index contributed by atoms with van der Waals surface area (Å²) in [6.07, 6.45) is 1.68. The second-order valence-electron chi connectivity index (χ2n) is 7.46. The predicted molar refractivity (Wildman–Crippen MR) is 101 cm³/mol. The number of hydrogen-bond donors (Lipinski definition) is 0. The third-order valence-corrected chi connectivity index (χ3v) is 5.05. The highest BCUT2D eigenvalue weighted by atomic mass is 16.6. The number of hydrogen-bond acceptors (Lipinski definition) is 4. The van der Waals surface area contributed by atoms with Crippen LogP contribution in [0, 0.1) is 25.7 Å². The molecule has 1 aliphatic rings. The van der Waals surface area contributed by atoms with Gasteiger partial charge in [0.15, 0.2) is 0 Å². The summed E-state index contributed by atoms with van der Waals surface area (Å²) in [6.45, 7) is 10.9. The number of carbonyl (C=O) groups excluding carboxylic acids is 2. The Balaban J connectivity index is 1.89. The summed E-state index contributed by atoms with van der Waals surface area (Å²) in [7, 11) is 0. The summed E-state index contributed by atoms with van der Waals surface area (Å²) in [5.74, 6) is 0.799. The summed E-state index contributed by atoms with van der Waals surface area (Å²) >= 11 is 0. The monoisotopic (exact) mass is 361 g/mol. The van der Waals surface area contributed by atoms with Gasteiger partial charge in [0, 0.05) is 5.92 Å². The van der Waals surface area contributed by atoms with Gasteiger partial charge in [-0.3, -0.25) is 4.79 Å². The molecule has 1 aliphatic heterocycles. The third kappa shape index (κ3) is 4.77. The first-order valence-corrected chi connectivity index (χ1v) is 9.55. The molecular formula is C21H31NO4. The molecule has 0 saturated carbocycles. The molecule has 0 spiro atoms. The average molecular weight is 361 g/mol. The lowest BCUT2D eigenvalue weighted by Gasteiger charge is -2.26. The summed E-state index contributed by atoms with van der Waals surface area (Å²) in [5, 5.41) is 0. The second kappa shape index (κ2) is 9.06. The lowest BCUT2D eigenvalue weighted by atomic mass is 9.96. The molecule has 2 rings (SSSR count). The van der Waals surface area contributed by atoms with Crippen molar-refractivity contribution in [3.63, 3.8) is 0 Å². The Morgan fingerprint density at radius 2 is 2.08 bits per heavy atom. The van der Waals surface area contributed by atoms with Crippen molar-refractivity contribution in [2.45, 2.75) is 59.9 Å². The topological polar surface area (TPSA) is 55.8 Å². The molecule has 1 aromatic rings. The molecule has 1 aromatic carbocycles. The fraction of sp³-hybridized carbons (Fsp3) is 0.619. The lowest BCUT2D eigenvalue weighted by Crippen LogP contribution is -2.44. The molecule has 2 atom stereocenters. The summed E-state index contributed by atoms with van der Waals surface area (Å²) < 4.78 is 11.0. The van der Waals surface area contributed by atoms with Crippen LogP contribution in [0.2, 0.25) is 0 Å². The summed E-state index contributed by atoms with van der Waals surface area (Å²) in [5.41, 5.74) is 2.28. The molecule has 2 amide bonds. The molecular weight excluding hydrogens is 330 g/mol. The van der Waals surface area contributed by atoms with Gasteiger partial charge in [-0.1, -0.05) is 32.9 Å². The van der Waals surface area contributed by atoms with Crippen molar-refractivity contribution in [1.82, 2.24) is 4.90 Å². The van der Waals surface area contributed by atoms with Gasteiger partial charge in [0.1, 0.15) is 12.4 Å². The van der Waals surface area contributed by atoms with Crippen molar-refractivity contribution >= 4 is 12.0 Å². The van der Waals surface area contributed by atoms with Crippen LogP contribution in [0.1, 0.15) is 51.2 Å². The van der Waals surface area contributed by atoms with Crippen LogP contribution in [0.3, 0.4) is 0 Å². The van der Waals surface area contributed by atoms with Crippen molar-refractivity contribution in [2.24, 2.45) is 11.8 Å². The van der Waals surface area contributed by atoms with Crippen LogP contribution in [0.4, 0.5) is 4.79 Å². The van der Waals surface area contributed by atoms with Crippen molar-refractivity contribution < 1.29 is 19.1 Å². The first-order valence-electron chi connectivity index (χ1n) is 9.55. The van der Waals surface area contributed by atoms with Gasteiger partial charge in [-0.15, -0.1) is 0 Å². The van der Waals surface area contributed by atoms with Crippen LogP contribution in [-0.2, 0) is 9.53 Å². The highest BCUT2D eigenvalue weighted by Gasteiger charge is 2.41. The highest BCUT2D eigenvalue weighted by Crippen LogP contribution is 2.25. The third-order valence-electron chi connectivity index (χ3n) is 5.05. The molecule has 1 saturated heterocycles. The minimum absolute atomic E-state index is 0.111. The van der Waals surface area contributed by atoms with E-state index in [0.29, 0.717) is 26.1 Å². The number of cyclic esters (lactones) is 1. The fourth-order valence-corrected chi connectivity index (χ4v) is 3.25. The van der Waals surface area contributed by atoms with Crippen LogP contribution in [0.25, 0.3) is 0 Å². The molecule has 1 heterocycles. The molecule has 1 fully saturated rings. The first kappa shape index (κ1) is 20.3. The molecule has 144 valence electrons. The number of ether oxygens (including phenoxy) is 2. The van der Waals surface area contributed by atoms with Gasteiger partial charge < -0.3 is 9.47 Å². The van der Waals surface area contributed by atoms with Crippen molar-refractivity contribution in [3.8, 4) is 5.75 Å². The van der Waals surface area contributed by atoms with Gasteiger partial charge in [0.25, 0.3) is 0 Å². The molecule has 0 unspecified atom stereocenters. The minimum Gasteiger partial charge on any atom is -0.493 e. The number of benzene rings is 1. The first-order chi connectivity index (χ1) is 12.3. The van der Waals surface area contributed by atoms with E-state index in [1.165, 1.54) is 10.5 Å². The Morgan fingerprint density at radius 1 is 1.35 bits per heavy atom. The average Bonchev–Trinajstić information content (AvgIpc) is 2.99. The van der Waals surface area contributed by atoms with E-state index >= 15 is 0 Å². The minimum atomic E-state index is -0.501. The van der Waals surface area contributed by atoms with Crippen LogP contribution in [-0.4, -0.2) is 36.2 Å². The molecule has 26 heavy (non-hydrogen) atoms. The summed E-state index contributed by atoms with van der Waals surface area (Å²) in [6, 6.07) is 5.99. The SMILES string of the molecule is CC[C@H](CCCOc1cc(C)ccc1C)C(=O)N1C(=O)OC[C@@H]1C(C)C. The van der Waals surface area contributed by atoms with Gasteiger partial charge in [-0.25, -0.2) is 9.69 Å². The molecule has 0 radical (unpaired) electrons. The molecule has 0 aliphatic carbocycles. The Kier molecular flexibility index (Phi) is 7.06. The highest BCUT2D eigenvalue weighted by molar-refractivity contribution is 5.94. The Morgan fingerprint density at radius 3 is 2.73 bits per heavy atom. The van der Waals surface area contributed by atoms with E-state index < -0.39 is 6.09 Å². The van der Waals surface area contributed by atoms with Gasteiger partial charge in [-0.05, 0) is 56.2 Å². The van der Waals surface area contributed by atoms with Crippen molar-refractivity contribution in [3.05, 3.63) is 29.3 Å². The maximum absolute atomic E-state index is 12.8. The predicted octanol–water partition coefficient (Wildman–Crippen LogP) is 4.49. The van der Waals surface area contributed by atoms with Gasteiger partial charge >= 0.3 is 6.09 Å². The lowest BCUT2D eigenvalue weighted by molar-refractivity contribution is -0.134. The van der Waals surface area contributed by atoms with Crippen LogP contribution in [0.5, 0.6) is 5.75 Å². The molecule has 5 nitrogen and oxygen atoms in total. The smallest absolute Gasteiger partial charge is 0.416 e. The van der Waals surface area contributed by atoms with Crippen LogP contribution < -0.4 is 4.74 Å². The van der Waals surface area contributed by atoms with Gasteiger partial charge in [0.05, 0.1) is 12.6 Å². The molecule has 0 aromatic heterocycles. The fourth-order valence-electron chi connectivity index (χ4n) is 3.25. The number of amides is 2. The molecule has 0 N–H and O–H groups in total. The van der Waals surface area contributed by atoms with Crippen LogP contribution in [0.15, 0.2) is 18.2 Å². The second-order valence-corrected chi connectivity index (χ2v) is 7.46. The van der Waals surface area contributed by atoms with E-state index in [9.17, 15) is 9.59 Å². The Labute approximate surface area is 156 Å². The van der Waals surface area contributed by atoms with E-state index in [-0.39, 0.29) is 23.8 Å². The van der Waals surface area contributed by atoms with Gasteiger partial charge in [-0.2, -0.15) is 0 Å². The number of rotatable bonds is 8. The standard InChI is InChI=1S/C21H31NO4/c1-6-17(20(23)22-18(14(2)3)13-26-21(22)24)8-7-11-25-19-12-15(4)9-10-16(19)5/h9-10,12,14,17-18H,6-8,11,13H2,1-5H3/t17-,18-/m1/s1. The number of imide groups is 1. The van der Waals surface area contributed by atoms with E-state index in [0.717, 1.165) is 17.7 Å². The largest absolute Gasteiger partial charge is 0.493 e. The van der Waals surface area contributed by atoms with E-state index in [1.807, 2.05) is 46.8 Å². The van der Waals surface area contributed by atoms with E-state index in [2.05, 4.69) is 6.07 Å². The molecule has 0 bridgehead atoms. The quantitative estimate of drug-likeness (QED) is 0.640. The van der Waals surface area contributed by atoms with Gasteiger partial charge in [0.2, 0.25) is 5.91 Å². The van der Waals surface area contributed by atoms with Crippen molar-refractivity contribution in [2.75, 3.05) is 13.2 Å². The normalized spacial score (nSPS) is 18.2. The molecule has 5 heteroatoms. The Hall–Kier alpha value is -2.04. The zero-order chi connectivity index (χ0) is 19.3. The number of aryl methyl sites for hydroxylation is 2. The number of carbonyl (C=O) groups is 2. The summed E-state index contributed by atoms with van der Waals surface area (Å²) in [4.78, 5) is 26.2. The van der Waals surface area contributed by atoms with Crippen LogP contribution >= 0.6 is 0 Å². The van der Waals surface area contributed by atoms with E-state index in [1.54, 1.807) is 0 Å². The maximum atomic E-state index is 12.8.